The number of fused-ring (bicyclic) bond motifs is 1. The second-order valence-electron chi connectivity index (χ2n) is 6.66. The van der Waals surface area contributed by atoms with Crippen LogP contribution in [0.4, 0.5) is 0 Å². The molecule has 0 N–H and O–H groups in total. The summed E-state index contributed by atoms with van der Waals surface area (Å²) in [6.07, 6.45) is 1.88. The molecule has 0 bridgehead atoms. The molecule has 140 valence electrons. The summed E-state index contributed by atoms with van der Waals surface area (Å²) < 4.78 is 16.9. The summed E-state index contributed by atoms with van der Waals surface area (Å²) in [6, 6.07) is 15.2. The number of hydrogen-bond donors (Lipinski definition) is 0. The van der Waals surface area contributed by atoms with Crippen LogP contribution in [0.15, 0.2) is 54.1 Å². The van der Waals surface area contributed by atoms with Crippen molar-refractivity contribution in [2.45, 2.75) is 0 Å². The van der Waals surface area contributed by atoms with E-state index >= 15 is 0 Å². The van der Waals surface area contributed by atoms with E-state index in [-0.39, 0.29) is 5.78 Å². The molecular formula is C22H23NO4. The second kappa shape index (κ2) is 8.37. The van der Waals surface area contributed by atoms with Gasteiger partial charge in [-0.2, -0.15) is 0 Å². The Hall–Kier alpha value is -2.63. The van der Waals surface area contributed by atoms with Gasteiger partial charge in [-0.05, 0) is 35.9 Å². The molecule has 2 aliphatic heterocycles. The normalized spacial score (nSPS) is 18.8. The van der Waals surface area contributed by atoms with Crippen LogP contribution in [-0.2, 0) is 4.74 Å². The van der Waals surface area contributed by atoms with Gasteiger partial charge in [0.25, 0.3) is 0 Å². The number of nitrogens with zero attached hydrogens (tertiary/aromatic N) is 1. The quantitative estimate of drug-likeness (QED) is 0.762. The van der Waals surface area contributed by atoms with Gasteiger partial charge in [0, 0.05) is 25.2 Å². The number of para-hydroxylation sites is 1. The molecule has 1 saturated heterocycles. The zero-order valence-corrected chi connectivity index (χ0v) is 15.2. The number of Topliss-reactive ketones (excluding diaryl/α,β-unsaturated/α-hetero) is 1. The van der Waals surface area contributed by atoms with E-state index in [9.17, 15) is 4.79 Å². The molecule has 0 amide bonds. The molecule has 5 nitrogen and oxygen atoms in total. The molecule has 0 saturated carbocycles. The number of rotatable bonds is 5. The highest BCUT2D eigenvalue weighted by molar-refractivity contribution is 6.14. The predicted octanol–water partition coefficient (Wildman–Crippen LogP) is 3.06. The van der Waals surface area contributed by atoms with Crippen LogP contribution in [0.25, 0.3) is 6.08 Å². The monoisotopic (exact) mass is 365 g/mol. The maximum absolute atomic E-state index is 12.6. The van der Waals surface area contributed by atoms with Gasteiger partial charge in [-0.1, -0.05) is 24.3 Å². The number of carbonyl (C=O) groups is 1. The lowest BCUT2D eigenvalue weighted by atomic mass is 9.98. The van der Waals surface area contributed by atoms with Gasteiger partial charge in [-0.25, -0.2) is 0 Å². The first-order chi connectivity index (χ1) is 13.3. The first-order valence-electron chi connectivity index (χ1n) is 9.30. The zero-order chi connectivity index (χ0) is 18.5. The minimum absolute atomic E-state index is 0.0303. The summed E-state index contributed by atoms with van der Waals surface area (Å²) in [5, 5.41) is 0. The maximum Gasteiger partial charge on any atom is 0.196 e. The second-order valence-corrected chi connectivity index (χ2v) is 6.66. The Kier molecular flexibility index (Phi) is 5.51. The first-order valence-corrected chi connectivity index (χ1v) is 9.30. The average Bonchev–Trinajstić information content (AvgIpc) is 2.72. The van der Waals surface area contributed by atoms with Gasteiger partial charge in [0.2, 0.25) is 0 Å². The lowest BCUT2D eigenvalue weighted by Crippen LogP contribution is -2.38. The van der Waals surface area contributed by atoms with Crippen LogP contribution in [0.3, 0.4) is 0 Å². The lowest BCUT2D eigenvalue weighted by Gasteiger charge is -2.26. The third kappa shape index (κ3) is 4.38. The molecule has 0 radical (unpaired) electrons. The Morgan fingerprint density at radius 1 is 1.04 bits per heavy atom. The lowest BCUT2D eigenvalue weighted by molar-refractivity contribution is 0.0322. The van der Waals surface area contributed by atoms with Crippen molar-refractivity contribution in [1.29, 1.82) is 0 Å². The van der Waals surface area contributed by atoms with Crippen molar-refractivity contribution in [1.82, 2.24) is 4.90 Å². The predicted molar refractivity (Wildman–Crippen MR) is 103 cm³/mol. The molecule has 4 rings (SSSR count). The Morgan fingerprint density at radius 3 is 2.63 bits per heavy atom. The SMILES string of the molecule is O=C1/C(=C\c2ccc(OCCN3CCOCC3)cc2)COc2ccccc21. The minimum Gasteiger partial charge on any atom is -0.492 e. The molecule has 2 heterocycles. The molecule has 5 heteroatoms. The molecule has 0 aromatic heterocycles. The van der Waals surface area contributed by atoms with Crippen molar-refractivity contribution in [3.05, 3.63) is 65.2 Å². The maximum atomic E-state index is 12.6. The molecule has 2 aliphatic rings. The van der Waals surface area contributed by atoms with E-state index in [0.29, 0.717) is 30.1 Å². The topological polar surface area (TPSA) is 48.0 Å². The van der Waals surface area contributed by atoms with E-state index in [4.69, 9.17) is 14.2 Å². The molecule has 1 fully saturated rings. The van der Waals surface area contributed by atoms with E-state index in [1.165, 1.54) is 0 Å². The van der Waals surface area contributed by atoms with Crippen LogP contribution in [0, 0.1) is 0 Å². The summed E-state index contributed by atoms with van der Waals surface area (Å²) in [7, 11) is 0. The van der Waals surface area contributed by atoms with Crippen LogP contribution < -0.4 is 9.47 Å². The van der Waals surface area contributed by atoms with Gasteiger partial charge in [0.15, 0.2) is 5.78 Å². The zero-order valence-electron chi connectivity index (χ0n) is 15.2. The summed E-state index contributed by atoms with van der Waals surface area (Å²) in [5.41, 5.74) is 2.25. The van der Waals surface area contributed by atoms with E-state index in [2.05, 4.69) is 4.90 Å². The van der Waals surface area contributed by atoms with Crippen molar-refractivity contribution in [3.63, 3.8) is 0 Å². The molecule has 2 aromatic carbocycles. The number of ketones is 1. The number of benzene rings is 2. The molecule has 0 atom stereocenters. The highest BCUT2D eigenvalue weighted by atomic mass is 16.5. The Morgan fingerprint density at radius 2 is 1.81 bits per heavy atom. The smallest absolute Gasteiger partial charge is 0.196 e. The van der Waals surface area contributed by atoms with Crippen LogP contribution in [0.1, 0.15) is 15.9 Å². The van der Waals surface area contributed by atoms with Crippen molar-refractivity contribution >= 4 is 11.9 Å². The van der Waals surface area contributed by atoms with Gasteiger partial charge in [-0.3, -0.25) is 9.69 Å². The van der Waals surface area contributed by atoms with Crippen molar-refractivity contribution in [3.8, 4) is 11.5 Å². The fraction of sp³-hybridized carbons (Fsp3) is 0.318. The number of morpholine rings is 1. The Bertz CT molecular complexity index is 822. The van der Waals surface area contributed by atoms with Crippen LogP contribution >= 0.6 is 0 Å². The van der Waals surface area contributed by atoms with Gasteiger partial charge in [0.05, 0.1) is 18.8 Å². The molecule has 27 heavy (non-hydrogen) atoms. The highest BCUT2D eigenvalue weighted by Crippen LogP contribution is 2.27. The summed E-state index contributed by atoms with van der Waals surface area (Å²) in [6.45, 7) is 5.40. The molecule has 2 aromatic rings. The fourth-order valence-corrected chi connectivity index (χ4v) is 3.26. The van der Waals surface area contributed by atoms with Crippen LogP contribution in [-0.4, -0.2) is 56.7 Å². The third-order valence-corrected chi connectivity index (χ3v) is 4.81. The molecule has 0 spiro atoms. The van der Waals surface area contributed by atoms with E-state index in [1.54, 1.807) is 6.07 Å². The Balaban J connectivity index is 1.35. The fourth-order valence-electron chi connectivity index (χ4n) is 3.26. The van der Waals surface area contributed by atoms with Crippen molar-refractivity contribution in [2.24, 2.45) is 0 Å². The number of ether oxygens (including phenoxy) is 3. The Labute approximate surface area is 159 Å². The summed E-state index contributed by atoms with van der Waals surface area (Å²) in [5.74, 6) is 1.52. The van der Waals surface area contributed by atoms with Crippen LogP contribution in [0.5, 0.6) is 11.5 Å². The third-order valence-electron chi connectivity index (χ3n) is 4.81. The molecule has 0 unspecified atom stereocenters. The minimum atomic E-state index is 0.0303. The summed E-state index contributed by atoms with van der Waals surface area (Å²) in [4.78, 5) is 14.9. The van der Waals surface area contributed by atoms with E-state index in [1.807, 2.05) is 48.5 Å². The number of hydrogen-bond acceptors (Lipinski definition) is 5. The van der Waals surface area contributed by atoms with Gasteiger partial charge < -0.3 is 14.2 Å². The first kappa shape index (κ1) is 17.8. The number of carbonyl (C=O) groups excluding carboxylic acids is 1. The van der Waals surface area contributed by atoms with E-state index < -0.39 is 0 Å². The van der Waals surface area contributed by atoms with Crippen molar-refractivity contribution < 1.29 is 19.0 Å². The molecule has 0 aliphatic carbocycles. The summed E-state index contributed by atoms with van der Waals surface area (Å²) >= 11 is 0. The van der Waals surface area contributed by atoms with Gasteiger partial charge in [-0.15, -0.1) is 0 Å². The standard InChI is InChI=1S/C22H23NO4/c24-22-18(16-27-21-4-2-1-3-20(21)22)15-17-5-7-19(8-6-17)26-14-11-23-9-12-25-13-10-23/h1-8,15H,9-14,16H2/b18-15-. The largest absolute Gasteiger partial charge is 0.492 e. The van der Waals surface area contributed by atoms with Gasteiger partial charge >= 0.3 is 0 Å². The van der Waals surface area contributed by atoms with Gasteiger partial charge in [0.1, 0.15) is 24.7 Å². The molecular weight excluding hydrogens is 342 g/mol. The highest BCUT2D eigenvalue weighted by Gasteiger charge is 2.22. The van der Waals surface area contributed by atoms with Crippen molar-refractivity contribution in [2.75, 3.05) is 46.1 Å². The van der Waals surface area contributed by atoms with E-state index in [0.717, 1.165) is 44.2 Å². The average molecular weight is 365 g/mol. The van der Waals surface area contributed by atoms with Crippen LogP contribution in [0.2, 0.25) is 0 Å².